The molecule has 1 aromatic rings. The fourth-order valence-corrected chi connectivity index (χ4v) is 5.02. The minimum Gasteiger partial charge on any atom is -0.495 e. The average molecular weight is 373 g/mol. The van der Waals surface area contributed by atoms with E-state index in [1.807, 2.05) is 0 Å². The van der Waals surface area contributed by atoms with Gasteiger partial charge in [-0.25, -0.2) is 0 Å². The third-order valence-corrected chi connectivity index (χ3v) is 6.08. The van der Waals surface area contributed by atoms with Crippen LogP contribution in [0.1, 0.15) is 36.0 Å². The number of nitrogens with zero attached hydrogens (tertiary/aromatic N) is 1. The molecule has 5 rings (SSSR count). The number of rotatable bonds is 2. The number of Topliss-reactive ketones (excluding diaryl/α,β-unsaturated/α-hetero) is 1. The Kier molecular flexibility index (Phi) is 3.28. The number of benzene rings is 1. The monoisotopic (exact) mass is 373 g/mol. The first-order chi connectivity index (χ1) is 13.0. The zero-order valence-electron chi connectivity index (χ0n) is 15.0. The van der Waals surface area contributed by atoms with E-state index in [0.717, 1.165) is 0 Å². The first kappa shape index (κ1) is 16.4. The Hall–Kier alpha value is -2.74. The van der Waals surface area contributed by atoms with E-state index in [2.05, 4.69) is 0 Å². The summed E-state index contributed by atoms with van der Waals surface area (Å²) in [5.41, 5.74) is 0.191. The van der Waals surface area contributed by atoms with Crippen molar-refractivity contribution < 1.29 is 33.6 Å². The van der Waals surface area contributed by atoms with Gasteiger partial charge >= 0.3 is 0 Å². The van der Waals surface area contributed by atoms with Crippen molar-refractivity contribution in [1.82, 2.24) is 4.90 Å². The van der Waals surface area contributed by atoms with Crippen molar-refractivity contribution in [2.45, 2.75) is 30.4 Å². The maximum atomic E-state index is 13.4. The van der Waals surface area contributed by atoms with Crippen molar-refractivity contribution in [2.24, 2.45) is 0 Å². The number of hydrogen-bond acceptors (Lipinski definition) is 7. The summed E-state index contributed by atoms with van der Waals surface area (Å²) >= 11 is 0. The number of aliphatic hydroxyl groups is 1. The molecule has 1 aromatic carbocycles. The number of hydrogen-bond donors (Lipinski definition) is 1. The highest BCUT2D eigenvalue weighted by atomic mass is 16.7. The average Bonchev–Trinajstić information content (AvgIpc) is 3.28. The summed E-state index contributed by atoms with van der Waals surface area (Å²) in [5, 5.41) is 10.9. The Labute approximate surface area is 155 Å². The quantitative estimate of drug-likeness (QED) is 0.826. The Morgan fingerprint density at radius 2 is 1.85 bits per heavy atom. The second-order valence-electron chi connectivity index (χ2n) is 7.14. The van der Waals surface area contributed by atoms with Gasteiger partial charge in [0.2, 0.25) is 24.2 Å². The first-order valence-electron chi connectivity index (χ1n) is 8.81. The van der Waals surface area contributed by atoms with E-state index < -0.39 is 17.6 Å². The van der Waals surface area contributed by atoms with Gasteiger partial charge in [-0.3, -0.25) is 9.59 Å². The van der Waals surface area contributed by atoms with Gasteiger partial charge in [0.15, 0.2) is 17.3 Å². The van der Waals surface area contributed by atoms with E-state index in [9.17, 15) is 14.7 Å². The van der Waals surface area contributed by atoms with Gasteiger partial charge in [-0.2, -0.15) is 0 Å². The number of methoxy groups -OCH3 is 2. The number of allylic oxidation sites excluding steroid dienone is 1. The predicted molar refractivity (Wildman–Crippen MR) is 90.0 cm³/mol. The molecule has 4 aliphatic rings. The van der Waals surface area contributed by atoms with Gasteiger partial charge in [0.1, 0.15) is 5.54 Å². The van der Waals surface area contributed by atoms with Crippen molar-refractivity contribution in [3.63, 3.8) is 0 Å². The lowest BCUT2D eigenvalue weighted by atomic mass is 9.77. The highest BCUT2D eigenvalue weighted by Crippen LogP contribution is 2.58. The van der Waals surface area contributed by atoms with Crippen LogP contribution in [0.15, 0.2) is 23.7 Å². The van der Waals surface area contributed by atoms with Crippen molar-refractivity contribution in [2.75, 3.05) is 27.6 Å². The maximum Gasteiger partial charge on any atom is 0.231 e. The van der Waals surface area contributed by atoms with E-state index in [-0.39, 0.29) is 37.2 Å². The summed E-state index contributed by atoms with van der Waals surface area (Å²) in [6.45, 7) is 0.159. The molecule has 8 heteroatoms. The van der Waals surface area contributed by atoms with Gasteiger partial charge in [0, 0.05) is 6.42 Å². The molecule has 1 aliphatic carbocycles. The lowest BCUT2D eigenvalue weighted by molar-refractivity contribution is -0.133. The Morgan fingerprint density at radius 3 is 2.52 bits per heavy atom. The van der Waals surface area contributed by atoms with Gasteiger partial charge < -0.3 is 29.0 Å². The Bertz CT molecular complexity index is 908. The number of carbonyl (C=O) groups is 2. The fraction of sp³-hybridized carbons (Fsp3) is 0.474. The molecule has 0 unspecified atom stereocenters. The van der Waals surface area contributed by atoms with Crippen LogP contribution in [0.4, 0.5) is 0 Å². The molecule has 0 radical (unpaired) electrons. The smallest absolute Gasteiger partial charge is 0.231 e. The van der Waals surface area contributed by atoms with Gasteiger partial charge in [0.05, 0.1) is 32.8 Å². The number of β-amino-alcohol motifs (C(OH)–C–C–N with tert-alkyl or cyclic N) is 1. The van der Waals surface area contributed by atoms with Crippen molar-refractivity contribution >= 4 is 11.7 Å². The summed E-state index contributed by atoms with van der Waals surface area (Å²) in [6.07, 6.45) is -0.255. The van der Waals surface area contributed by atoms with Crippen molar-refractivity contribution in [3.8, 4) is 11.5 Å². The normalized spacial score (nSPS) is 30.9. The number of ketones is 1. The van der Waals surface area contributed by atoms with E-state index in [1.54, 1.807) is 17.0 Å². The number of fused-ring (bicyclic) bond motifs is 3. The molecule has 3 atom stereocenters. The summed E-state index contributed by atoms with van der Waals surface area (Å²) in [5.74, 6) is 0.412. The van der Waals surface area contributed by atoms with Crippen LogP contribution in [-0.4, -0.2) is 54.8 Å². The van der Waals surface area contributed by atoms with E-state index in [4.69, 9.17) is 18.9 Å². The van der Waals surface area contributed by atoms with Gasteiger partial charge in [-0.05, 0) is 29.7 Å². The van der Waals surface area contributed by atoms with Crippen LogP contribution in [0.2, 0.25) is 0 Å². The molecular weight excluding hydrogens is 354 g/mol. The highest BCUT2D eigenvalue weighted by Gasteiger charge is 2.65. The number of amides is 1. The fourth-order valence-electron chi connectivity index (χ4n) is 5.02. The van der Waals surface area contributed by atoms with E-state index in [0.29, 0.717) is 34.8 Å². The first-order valence-corrected chi connectivity index (χ1v) is 8.81. The van der Waals surface area contributed by atoms with Crippen LogP contribution in [0.5, 0.6) is 11.5 Å². The molecule has 0 bridgehead atoms. The second kappa shape index (κ2) is 5.39. The van der Waals surface area contributed by atoms with Gasteiger partial charge in [-0.1, -0.05) is 0 Å². The minimum atomic E-state index is -0.992. The van der Waals surface area contributed by atoms with Crippen LogP contribution in [-0.2, 0) is 19.1 Å². The molecule has 8 nitrogen and oxygen atoms in total. The molecule has 0 aromatic heterocycles. The predicted octanol–water partition coefficient (Wildman–Crippen LogP) is 0.994. The van der Waals surface area contributed by atoms with Crippen LogP contribution in [0.25, 0.3) is 0 Å². The van der Waals surface area contributed by atoms with Crippen LogP contribution in [0.3, 0.4) is 0 Å². The molecule has 1 fully saturated rings. The van der Waals surface area contributed by atoms with Crippen molar-refractivity contribution in [3.05, 3.63) is 34.8 Å². The third kappa shape index (κ3) is 1.86. The lowest BCUT2D eigenvalue weighted by Crippen LogP contribution is -2.50. The number of carbonyl (C=O) groups excluding carboxylic acids is 2. The summed E-state index contributed by atoms with van der Waals surface area (Å²) < 4.78 is 21.9. The molecule has 27 heavy (non-hydrogen) atoms. The highest BCUT2D eigenvalue weighted by molar-refractivity contribution is 6.06. The minimum absolute atomic E-state index is 0.0686. The van der Waals surface area contributed by atoms with Crippen molar-refractivity contribution in [1.29, 1.82) is 0 Å². The molecule has 0 saturated carbocycles. The van der Waals surface area contributed by atoms with E-state index in [1.165, 1.54) is 14.2 Å². The topological polar surface area (TPSA) is 94.5 Å². The molecule has 3 heterocycles. The molecule has 1 amide bonds. The van der Waals surface area contributed by atoms with Crippen LogP contribution in [0, 0.1) is 0 Å². The molecular formula is C19H19NO7. The van der Waals surface area contributed by atoms with Crippen LogP contribution < -0.4 is 9.47 Å². The standard InChI is InChI=1S/C19H19NO7/c1-24-17-16(23)15-10-6-13-12(26-8-27-13)5-9(10)11(21)7-20-14(22)3-4-19(15,20)18(17)25-2/h5-6,11,15,21H,3-4,7-8H2,1-2H3/t11-,15+,19+/m0/s1. The summed E-state index contributed by atoms with van der Waals surface area (Å²) in [6, 6.07) is 3.44. The summed E-state index contributed by atoms with van der Waals surface area (Å²) in [7, 11) is 2.90. The largest absolute Gasteiger partial charge is 0.495 e. The number of aliphatic hydroxyl groups excluding tert-OH is 1. The molecule has 142 valence electrons. The molecule has 3 aliphatic heterocycles. The van der Waals surface area contributed by atoms with Crippen LogP contribution >= 0.6 is 0 Å². The third-order valence-electron chi connectivity index (χ3n) is 6.08. The molecule has 1 saturated heterocycles. The SMILES string of the molecule is COC1=C(OC)[C@]23CCC(=O)N2C[C@H](O)c2cc4c(cc2[C@@H]3C1=O)OCO4. The van der Waals surface area contributed by atoms with E-state index >= 15 is 0 Å². The zero-order chi connectivity index (χ0) is 18.9. The van der Waals surface area contributed by atoms with Gasteiger partial charge in [0.25, 0.3) is 0 Å². The molecule has 1 spiro atoms. The van der Waals surface area contributed by atoms with Gasteiger partial charge in [-0.15, -0.1) is 0 Å². The zero-order valence-corrected chi connectivity index (χ0v) is 15.0. The lowest BCUT2D eigenvalue weighted by Gasteiger charge is -2.38. The summed E-state index contributed by atoms with van der Waals surface area (Å²) in [4.78, 5) is 27.6. The second-order valence-corrected chi connectivity index (χ2v) is 7.14. The maximum absolute atomic E-state index is 13.4. The number of ether oxygens (including phenoxy) is 4. The Balaban J connectivity index is 1.80. The Morgan fingerprint density at radius 1 is 1.15 bits per heavy atom. The molecule has 1 N–H and O–H groups in total.